The first-order valence-electron chi connectivity index (χ1n) is 9.67. The molecule has 0 radical (unpaired) electrons. The summed E-state index contributed by atoms with van der Waals surface area (Å²) in [4.78, 5) is 21.6. The Kier molecular flexibility index (Phi) is 4.85. The van der Waals surface area contributed by atoms with Gasteiger partial charge in [0, 0.05) is 43.3 Å². The Morgan fingerprint density at radius 2 is 1.93 bits per heavy atom. The number of anilines is 1. The topological polar surface area (TPSA) is 45.7 Å². The lowest BCUT2D eigenvalue weighted by Crippen LogP contribution is -2.50. The van der Waals surface area contributed by atoms with Crippen LogP contribution in [0.3, 0.4) is 0 Å². The van der Waals surface area contributed by atoms with Crippen molar-refractivity contribution in [2.75, 3.05) is 37.7 Å². The molecule has 0 spiro atoms. The number of carbonyl (C=O) groups is 1. The zero-order valence-corrected chi connectivity index (χ0v) is 17.8. The van der Waals surface area contributed by atoms with Crippen molar-refractivity contribution < 1.29 is 9.53 Å². The highest BCUT2D eigenvalue weighted by Gasteiger charge is 2.22. The summed E-state index contributed by atoms with van der Waals surface area (Å²) in [5.74, 6) is 0.815. The minimum Gasteiger partial charge on any atom is -0.483 e. The number of carbonyl (C=O) groups excluding carboxylic acids is 1. The molecule has 2 aromatic carbocycles. The number of fused-ring (bicyclic) bond motifs is 3. The molecule has 5 nitrogen and oxygen atoms in total. The lowest BCUT2D eigenvalue weighted by molar-refractivity contribution is -0.133. The Morgan fingerprint density at radius 1 is 1.14 bits per heavy atom. The van der Waals surface area contributed by atoms with Gasteiger partial charge in [-0.05, 0) is 30.5 Å². The summed E-state index contributed by atoms with van der Waals surface area (Å²) in [7, 11) is 0. The number of rotatable bonds is 4. The van der Waals surface area contributed by atoms with Crippen molar-refractivity contribution in [2.24, 2.45) is 0 Å². The summed E-state index contributed by atoms with van der Waals surface area (Å²) >= 11 is 3.33. The number of para-hydroxylation sites is 1. The highest BCUT2D eigenvalue weighted by atomic mass is 32.1. The van der Waals surface area contributed by atoms with Crippen molar-refractivity contribution in [3.8, 4) is 5.75 Å². The van der Waals surface area contributed by atoms with Crippen molar-refractivity contribution >= 4 is 54.6 Å². The van der Waals surface area contributed by atoms with E-state index in [1.54, 1.807) is 22.7 Å². The third-order valence-electron chi connectivity index (χ3n) is 5.27. The summed E-state index contributed by atoms with van der Waals surface area (Å²) in [6.07, 6.45) is 0. The Morgan fingerprint density at radius 3 is 2.72 bits per heavy atom. The van der Waals surface area contributed by atoms with Crippen LogP contribution in [-0.4, -0.2) is 48.6 Å². The van der Waals surface area contributed by atoms with E-state index in [1.807, 2.05) is 42.2 Å². The fourth-order valence-electron chi connectivity index (χ4n) is 3.79. The van der Waals surface area contributed by atoms with Gasteiger partial charge >= 0.3 is 0 Å². The average Bonchev–Trinajstić information content (AvgIpc) is 3.38. The molecule has 3 heterocycles. The fourth-order valence-corrected chi connectivity index (χ4v) is 5.62. The van der Waals surface area contributed by atoms with Crippen LogP contribution in [0.4, 0.5) is 5.69 Å². The maximum absolute atomic E-state index is 12.7. The number of aryl methyl sites for hydroxylation is 1. The number of hydrogen-bond donors (Lipinski definition) is 0. The minimum absolute atomic E-state index is 0.0432. The number of thiophene rings is 1. The van der Waals surface area contributed by atoms with Crippen LogP contribution in [0.15, 0.2) is 47.8 Å². The van der Waals surface area contributed by atoms with E-state index < -0.39 is 0 Å². The summed E-state index contributed by atoms with van der Waals surface area (Å²) in [5, 5.41) is 4.13. The van der Waals surface area contributed by atoms with Gasteiger partial charge in [0.1, 0.15) is 5.75 Å². The molecule has 1 saturated heterocycles. The Balaban J connectivity index is 1.26. The second-order valence-corrected chi connectivity index (χ2v) is 9.26. The second kappa shape index (κ2) is 7.65. The van der Waals surface area contributed by atoms with Crippen molar-refractivity contribution in [2.45, 2.75) is 6.92 Å². The number of piperazine rings is 1. The van der Waals surface area contributed by atoms with Gasteiger partial charge in [-0.1, -0.05) is 18.2 Å². The highest BCUT2D eigenvalue weighted by molar-refractivity contribution is 7.21. The third-order valence-corrected chi connectivity index (χ3v) is 7.11. The van der Waals surface area contributed by atoms with Gasteiger partial charge in [-0.15, -0.1) is 22.7 Å². The van der Waals surface area contributed by atoms with Gasteiger partial charge in [0.2, 0.25) is 0 Å². The minimum atomic E-state index is 0.0432. The second-order valence-electron chi connectivity index (χ2n) is 7.11. The molecule has 0 N–H and O–H groups in total. The van der Waals surface area contributed by atoms with Crippen LogP contribution in [0.2, 0.25) is 0 Å². The smallest absolute Gasteiger partial charge is 0.260 e. The van der Waals surface area contributed by atoms with Gasteiger partial charge in [-0.25, -0.2) is 4.98 Å². The van der Waals surface area contributed by atoms with Crippen LogP contribution in [-0.2, 0) is 4.79 Å². The molecule has 0 atom stereocenters. The van der Waals surface area contributed by atoms with E-state index in [2.05, 4.69) is 27.4 Å². The molecule has 1 aliphatic heterocycles. The van der Waals surface area contributed by atoms with E-state index in [-0.39, 0.29) is 12.5 Å². The molecule has 1 fully saturated rings. The number of hydrogen-bond acceptors (Lipinski definition) is 6. The number of benzene rings is 2. The van der Waals surface area contributed by atoms with Gasteiger partial charge in [0.05, 0.1) is 19.9 Å². The Bertz CT molecular complexity index is 1160. The number of aromatic nitrogens is 1. The standard InChI is InChI=1S/C22H21N3O2S2/c1-15-23-21-19(29-15)13-18(17-7-12-28-22(17)21)27-14-20(26)25-10-8-24(9-11-25)16-5-3-2-4-6-16/h2-7,12-13H,8-11,14H2,1H3. The van der Waals surface area contributed by atoms with Crippen LogP contribution >= 0.6 is 22.7 Å². The average molecular weight is 424 g/mol. The SMILES string of the molecule is Cc1nc2c(cc(OCC(=O)N3CCN(c4ccccc4)CC3)c3ccsc32)s1. The number of nitrogens with zero attached hydrogens (tertiary/aromatic N) is 3. The van der Waals surface area contributed by atoms with Crippen molar-refractivity contribution in [1.82, 2.24) is 9.88 Å². The number of thiazole rings is 1. The summed E-state index contributed by atoms with van der Waals surface area (Å²) < 4.78 is 8.24. The monoisotopic (exact) mass is 423 g/mol. The van der Waals surface area contributed by atoms with Gasteiger partial charge in [0.25, 0.3) is 5.91 Å². The van der Waals surface area contributed by atoms with Crippen molar-refractivity contribution in [3.05, 3.63) is 52.9 Å². The molecule has 1 amide bonds. The molecule has 0 unspecified atom stereocenters. The molecule has 0 saturated carbocycles. The van der Waals surface area contributed by atoms with E-state index in [1.165, 1.54) is 5.69 Å². The molecule has 2 aromatic heterocycles. The zero-order chi connectivity index (χ0) is 19.8. The maximum atomic E-state index is 12.7. The third kappa shape index (κ3) is 3.56. The van der Waals surface area contributed by atoms with E-state index in [0.717, 1.165) is 57.2 Å². The van der Waals surface area contributed by atoms with Gasteiger partial charge < -0.3 is 14.5 Å². The summed E-state index contributed by atoms with van der Waals surface area (Å²) in [5.41, 5.74) is 2.25. The lowest BCUT2D eigenvalue weighted by atomic mass is 10.2. The number of ether oxygens (including phenoxy) is 1. The molecular weight excluding hydrogens is 402 g/mol. The molecule has 0 aliphatic carbocycles. The van der Waals surface area contributed by atoms with Crippen LogP contribution in [0.1, 0.15) is 5.01 Å². The van der Waals surface area contributed by atoms with Crippen molar-refractivity contribution in [1.29, 1.82) is 0 Å². The van der Waals surface area contributed by atoms with Crippen molar-refractivity contribution in [3.63, 3.8) is 0 Å². The predicted octanol–water partition coefficient (Wildman–Crippen LogP) is 4.55. The fraction of sp³-hybridized carbons (Fsp3) is 0.273. The largest absolute Gasteiger partial charge is 0.483 e. The van der Waals surface area contributed by atoms with E-state index >= 15 is 0 Å². The lowest BCUT2D eigenvalue weighted by Gasteiger charge is -2.36. The predicted molar refractivity (Wildman–Crippen MR) is 120 cm³/mol. The van der Waals surface area contributed by atoms with Crippen LogP contribution in [0, 0.1) is 6.92 Å². The normalized spacial score (nSPS) is 14.7. The first kappa shape index (κ1) is 18.4. The first-order valence-corrected chi connectivity index (χ1v) is 11.4. The maximum Gasteiger partial charge on any atom is 0.260 e. The van der Waals surface area contributed by atoms with Gasteiger partial charge in [-0.3, -0.25) is 4.79 Å². The summed E-state index contributed by atoms with van der Waals surface area (Å²) in [6.45, 7) is 5.21. The van der Waals surface area contributed by atoms with Crippen LogP contribution < -0.4 is 9.64 Å². The van der Waals surface area contributed by atoms with Crippen LogP contribution in [0.25, 0.3) is 20.3 Å². The molecule has 0 bridgehead atoms. The quantitative estimate of drug-likeness (QED) is 0.483. The van der Waals surface area contributed by atoms with Gasteiger partial charge in [-0.2, -0.15) is 0 Å². The first-order chi connectivity index (χ1) is 14.2. The number of amides is 1. The molecule has 7 heteroatoms. The van der Waals surface area contributed by atoms with E-state index in [4.69, 9.17) is 4.74 Å². The molecule has 29 heavy (non-hydrogen) atoms. The Hall–Kier alpha value is -2.64. The molecule has 5 rings (SSSR count). The van der Waals surface area contributed by atoms with E-state index in [9.17, 15) is 4.79 Å². The molecule has 4 aromatic rings. The Labute approximate surface area is 177 Å². The highest BCUT2D eigenvalue weighted by Crippen LogP contribution is 2.38. The van der Waals surface area contributed by atoms with Gasteiger partial charge in [0.15, 0.2) is 6.61 Å². The summed E-state index contributed by atoms with van der Waals surface area (Å²) in [6, 6.07) is 14.4. The zero-order valence-electron chi connectivity index (χ0n) is 16.1. The van der Waals surface area contributed by atoms with E-state index in [0.29, 0.717) is 0 Å². The van der Waals surface area contributed by atoms with Crippen LogP contribution in [0.5, 0.6) is 5.75 Å². The molecular formula is C22H21N3O2S2. The molecule has 1 aliphatic rings. The molecule has 148 valence electrons.